The lowest BCUT2D eigenvalue weighted by Gasteiger charge is -2.44. The quantitative estimate of drug-likeness (QED) is 0.351. The largest absolute Gasteiger partial charge is 0.367 e. The second-order valence-corrected chi connectivity index (χ2v) is 10.8. The molecule has 2 atom stereocenters. The molecular formula is C28H28F3N5O2S. The molecule has 2 aromatic carbocycles. The summed E-state index contributed by atoms with van der Waals surface area (Å²) in [7, 11) is 3.23. The normalized spacial score (nSPS) is 18.2. The molecule has 1 fully saturated rings. The summed E-state index contributed by atoms with van der Waals surface area (Å²) in [6.07, 6.45) is -3.04. The van der Waals surface area contributed by atoms with Gasteiger partial charge in [-0.3, -0.25) is 14.5 Å². The summed E-state index contributed by atoms with van der Waals surface area (Å²) in [5, 5.41) is 2.75. The van der Waals surface area contributed by atoms with E-state index in [2.05, 4.69) is 29.0 Å². The van der Waals surface area contributed by atoms with Crippen LogP contribution in [0, 0.1) is 5.82 Å². The van der Waals surface area contributed by atoms with E-state index in [0.29, 0.717) is 24.3 Å². The molecule has 5 rings (SSSR count). The van der Waals surface area contributed by atoms with E-state index in [-0.39, 0.29) is 28.9 Å². The molecule has 204 valence electrons. The van der Waals surface area contributed by atoms with Crippen LogP contribution in [0.3, 0.4) is 0 Å². The second kappa shape index (κ2) is 10.5. The van der Waals surface area contributed by atoms with Crippen molar-refractivity contribution in [3.05, 3.63) is 75.4 Å². The summed E-state index contributed by atoms with van der Waals surface area (Å²) in [6, 6.07) is 10.8. The number of thiazole rings is 1. The van der Waals surface area contributed by atoms with Crippen LogP contribution in [0.25, 0.3) is 21.3 Å². The molecule has 1 amide bonds. The first kappa shape index (κ1) is 26.9. The fourth-order valence-corrected chi connectivity index (χ4v) is 5.73. The van der Waals surface area contributed by atoms with Gasteiger partial charge in [0, 0.05) is 43.9 Å². The van der Waals surface area contributed by atoms with Gasteiger partial charge in [0.25, 0.3) is 17.9 Å². The molecule has 0 radical (unpaired) electrons. The number of carbonyl (C=O) groups excluding carboxylic acids is 1. The third-order valence-corrected chi connectivity index (χ3v) is 8.30. The van der Waals surface area contributed by atoms with Crippen molar-refractivity contribution in [2.45, 2.75) is 32.4 Å². The predicted molar refractivity (Wildman–Crippen MR) is 149 cm³/mol. The minimum absolute atomic E-state index is 0.154. The number of anilines is 2. The van der Waals surface area contributed by atoms with E-state index in [4.69, 9.17) is 0 Å². The Morgan fingerprint density at radius 3 is 2.49 bits per heavy atom. The molecule has 3 heterocycles. The number of amides is 1. The molecule has 7 nitrogen and oxygen atoms in total. The van der Waals surface area contributed by atoms with Gasteiger partial charge in [0.05, 0.1) is 38.4 Å². The summed E-state index contributed by atoms with van der Waals surface area (Å²) in [4.78, 5) is 33.9. The lowest BCUT2D eigenvalue weighted by Crippen LogP contribution is -2.55. The molecule has 1 aliphatic rings. The average Bonchev–Trinajstić information content (AvgIpc) is 3.37. The number of piperazine rings is 1. The number of rotatable bonds is 5. The summed E-state index contributed by atoms with van der Waals surface area (Å²) in [6.45, 7) is 5.28. The van der Waals surface area contributed by atoms with Crippen LogP contribution in [0.1, 0.15) is 36.3 Å². The first-order valence-electron chi connectivity index (χ1n) is 12.5. The Balaban J connectivity index is 1.62. The highest BCUT2D eigenvalue weighted by Gasteiger charge is 2.30. The number of fused-ring (bicyclic) bond motifs is 1. The zero-order valence-electron chi connectivity index (χ0n) is 21.9. The SMILES string of the molecule is C[C@@H]1CN(c2cc(F)c(-c3ccc4scnc4c3)cc2NC(=O)c2ccc(=O)n(C)c2C(F)F)C[C@H](C)N1C. The Hall–Kier alpha value is -3.70. The van der Waals surface area contributed by atoms with Crippen LogP contribution in [0.5, 0.6) is 0 Å². The number of halogens is 3. The van der Waals surface area contributed by atoms with Crippen molar-refractivity contribution in [3.63, 3.8) is 0 Å². The van der Waals surface area contributed by atoms with Gasteiger partial charge in [0.15, 0.2) is 0 Å². The van der Waals surface area contributed by atoms with Gasteiger partial charge in [-0.05, 0) is 56.8 Å². The summed E-state index contributed by atoms with van der Waals surface area (Å²) >= 11 is 1.47. The summed E-state index contributed by atoms with van der Waals surface area (Å²) < 4.78 is 45.2. The van der Waals surface area contributed by atoms with Gasteiger partial charge in [0.1, 0.15) is 5.82 Å². The molecule has 0 unspecified atom stereocenters. The topological polar surface area (TPSA) is 70.5 Å². The van der Waals surface area contributed by atoms with Crippen molar-refractivity contribution in [2.75, 3.05) is 30.4 Å². The monoisotopic (exact) mass is 555 g/mol. The number of alkyl halides is 2. The van der Waals surface area contributed by atoms with Gasteiger partial charge in [-0.25, -0.2) is 18.2 Å². The third kappa shape index (κ3) is 5.04. The molecular weight excluding hydrogens is 527 g/mol. The minimum atomic E-state index is -3.04. The Morgan fingerprint density at radius 2 is 1.79 bits per heavy atom. The molecule has 11 heteroatoms. The van der Waals surface area contributed by atoms with E-state index >= 15 is 4.39 Å². The number of hydrogen-bond acceptors (Lipinski definition) is 6. The summed E-state index contributed by atoms with van der Waals surface area (Å²) in [5.41, 5.74) is 2.33. The number of carbonyl (C=O) groups is 1. The molecule has 4 aromatic rings. The molecule has 0 bridgehead atoms. The Morgan fingerprint density at radius 1 is 1.08 bits per heavy atom. The Kier molecular flexibility index (Phi) is 7.21. The smallest absolute Gasteiger partial charge is 0.279 e. The van der Waals surface area contributed by atoms with E-state index in [0.717, 1.165) is 26.9 Å². The van der Waals surface area contributed by atoms with Crippen LogP contribution in [-0.4, -0.2) is 52.6 Å². The molecule has 1 aliphatic heterocycles. The maximum atomic E-state index is 15.7. The maximum Gasteiger partial charge on any atom is 0.279 e. The molecule has 0 aliphatic carbocycles. The number of hydrogen-bond donors (Lipinski definition) is 1. The number of benzene rings is 2. The average molecular weight is 556 g/mol. The number of likely N-dealkylation sites (N-methyl/N-ethyl adjacent to an activating group) is 1. The highest BCUT2D eigenvalue weighted by Crippen LogP contribution is 2.37. The summed E-state index contributed by atoms with van der Waals surface area (Å²) in [5.74, 6) is -1.29. The molecule has 1 N–H and O–H groups in total. The maximum absolute atomic E-state index is 15.7. The first-order chi connectivity index (χ1) is 18.5. The van der Waals surface area contributed by atoms with E-state index in [1.54, 1.807) is 17.6 Å². The van der Waals surface area contributed by atoms with Crippen molar-refractivity contribution >= 4 is 38.8 Å². The zero-order chi connectivity index (χ0) is 28.0. The highest BCUT2D eigenvalue weighted by molar-refractivity contribution is 7.16. The van der Waals surface area contributed by atoms with Crippen molar-refractivity contribution in [3.8, 4) is 11.1 Å². The van der Waals surface area contributed by atoms with Crippen LogP contribution < -0.4 is 15.8 Å². The predicted octanol–water partition coefficient (Wildman–Crippen LogP) is 5.52. The van der Waals surface area contributed by atoms with Gasteiger partial charge in [-0.2, -0.15) is 0 Å². The van der Waals surface area contributed by atoms with E-state index in [9.17, 15) is 18.4 Å². The molecule has 0 spiro atoms. The molecule has 39 heavy (non-hydrogen) atoms. The highest BCUT2D eigenvalue weighted by atomic mass is 32.1. The van der Waals surface area contributed by atoms with Crippen molar-refractivity contribution in [1.82, 2.24) is 14.5 Å². The lowest BCUT2D eigenvalue weighted by molar-refractivity contribution is 0.100. The van der Waals surface area contributed by atoms with Crippen molar-refractivity contribution in [1.29, 1.82) is 0 Å². The van der Waals surface area contributed by atoms with E-state index in [1.807, 2.05) is 18.0 Å². The van der Waals surface area contributed by atoms with Gasteiger partial charge >= 0.3 is 0 Å². The van der Waals surface area contributed by atoms with Crippen LogP contribution in [0.2, 0.25) is 0 Å². The molecule has 0 saturated carbocycles. The number of nitrogens with zero attached hydrogens (tertiary/aromatic N) is 4. The second-order valence-electron chi connectivity index (χ2n) is 9.94. The fraction of sp³-hybridized carbons (Fsp3) is 0.321. The van der Waals surface area contributed by atoms with Gasteiger partial charge in [-0.1, -0.05) is 6.07 Å². The first-order valence-corrected chi connectivity index (χ1v) is 13.4. The fourth-order valence-electron chi connectivity index (χ4n) is 5.07. The van der Waals surface area contributed by atoms with Gasteiger partial charge in [-0.15, -0.1) is 11.3 Å². The zero-order valence-corrected chi connectivity index (χ0v) is 22.7. The molecule has 1 saturated heterocycles. The number of aromatic nitrogens is 2. The molecule has 2 aromatic heterocycles. The number of pyridine rings is 1. The van der Waals surface area contributed by atoms with Crippen molar-refractivity contribution in [2.24, 2.45) is 7.05 Å². The lowest BCUT2D eigenvalue weighted by atomic mass is 10.0. The standard InChI is InChI=1S/C28H28F3N5O2S/c1-15-12-36(13-16(2)34(15)3)23-11-20(29)19(17-5-7-24-22(9-17)32-14-39-24)10-21(23)33-28(38)18-6-8-25(37)35(4)26(18)27(30)31/h5-11,14-16,27H,12-13H2,1-4H3,(H,33,38)/t15-,16+. The van der Waals surface area contributed by atoms with Crippen LogP contribution >= 0.6 is 11.3 Å². The van der Waals surface area contributed by atoms with Gasteiger partial charge < -0.3 is 14.8 Å². The van der Waals surface area contributed by atoms with E-state index < -0.39 is 29.4 Å². The Labute approximate surface area is 227 Å². The van der Waals surface area contributed by atoms with E-state index in [1.165, 1.54) is 30.5 Å². The van der Waals surface area contributed by atoms with Crippen LogP contribution in [0.15, 0.2) is 52.8 Å². The van der Waals surface area contributed by atoms with Crippen molar-refractivity contribution < 1.29 is 18.0 Å². The van der Waals surface area contributed by atoms with Crippen LogP contribution in [0.4, 0.5) is 24.5 Å². The Bertz CT molecular complexity index is 1610. The van der Waals surface area contributed by atoms with Gasteiger partial charge in [0.2, 0.25) is 0 Å². The third-order valence-electron chi connectivity index (χ3n) is 7.49. The minimum Gasteiger partial charge on any atom is -0.367 e. The number of nitrogens with one attached hydrogen (secondary N) is 1. The van der Waals surface area contributed by atoms with Crippen LogP contribution in [-0.2, 0) is 7.05 Å².